The minimum absolute atomic E-state index is 0.0388. The smallest absolute Gasteiger partial charge is 0.284 e. The van der Waals surface area contributed by atoms with Crippen LogP contribution in [-0.4, -0.2) is 14.3 Å². The van der Waals surface area contributed by atoms with Crippen LogP contribution >= 0.6 is 39.1 Å². The maximum absolute atomic E-state index is 12.8. The number of rotatable bonds is 4. The quantitative estimate of drug-likeness (QED) is 0.401. The van der Waals surface area contributed by atoms with E-state index in [0.717, 1.165) is 4.47 Å². The van der Waals surface area contributed by atoms with Crippen molar-refractivity contribution in [3.05, 3.63) is 86.8 Å². The first kappa shape index (κ1) is 20.7. The zero-order valence-corrected chi connectivity index (χ0v) is 18.0. The molecule has 0 heterocycles. The highest BCUT2D eigenvalue weighted by atomic mass is 79.9. The predicted molar refractivity (Wildman–Crippen MR) is 114 cm³/mol. The summed E-state index contributed by atoms with van der Waals surface area (Å²) in [6.45, 7) is 0. The lowest BCUT2D eigenvalue weighted by Crippen LogP contribution is -2.16. The Bertz CT molecular complexity index is 1110. The van der Waals surface area contributed by atoms with Crippen molar-refractivity contribution in [1.82, 2.24) is 0 Å². The van der Waals surface area contributed by atoms with E-state index in [1.165, 1.54) is 24.3 Å². The minimum atomic E-state index is -4.00. The van der Waals surface area contributed by atoms with Gasteiger partial charge in [-0.05, 0) is 36.4 Å². The largest absolute Gasteiger partial charge is 0.870 e. The van der Waals surface area contributed by atoms with Gasteiger partial charge in [0, 0.05) is 25.8 Å². The Labute approximate surface area is 180 Å². The van der Waals surface area contributed by atoms with Gasteiger partial charge in [-0.15, -0.1) is 4.40 Å². The Morgan fingerprint density at radius 2 is 1.54 bits per heavy atom. The molecule has 1 N–H and O–H groups in total. The van der Waals surface area contributed by atoms with Gasteiger partial charge in [0.25, 0.3) is 10.0 Å². The second-order valence-electron chi connectivity index (χ2n) is 5.63. The first-order chi connectivity index (χ1) is 13.3. The van der Waals surface area contributed by atoms with Gasteiger partial charge in [-0.1, -0.05) is 75.2 Å². The van der Waals surface area contributed by atoms with Crippen molar-refractivity contribution in [2.45, 2.75) is 4.90 Å². The molecule has 0 unspecified atom stereocenters. The van der Waals surface area contributed by atoms with Crippen LogP contribution in [0.3, 0.4) is 0 Å². The number of sulfonamides is 1. The lowest BCUT2D eigenvalue weighted by molar-refractivity contribution is -0.268. The van der Waals surface area contributed by atoms with E-state index in [9.17, 15) is 13.5 Å². The maximum Gasteiger partial charge on any atom is 0.284 e. The van der Waals surface area contributed by atoms with Crippen molar-refractivity contribution in [1.29, 1.82) is 0 Å². The first-order valence-corrected chi connectivity index (χ1v) is 10.8. The molecule has 0 spiro atoms. The van der Waals surface area contributed by atoms with Gasteiger partial charge in [-0.2, -0.15) is 8.42 Å². The molecule has 0 aliphatic heterocycles. The fraction of sp³-hybridized carbons (Fsp3) is 0. The molecule has 3 rings (SSSR count). The van der Waals surface area contributed by atoms with E-state index in [1.54, 1.807) is 42.5 Å². The lowest BCUT2D eigenvalue weighted by atomic mass is 10.2. The summed E-state index contributed by atoms with van der Waals surface area (Å²) in [6, 6.07) is 17.6. The van der Waals surface area contributed by atoms with Gasteiger partial charge in [-0.3, -0.25) is 0 Å². The van der Waals surface area contributed by atoms with Gasteiger partial charge in [0.1, 0.15) is 0 Å². The summed E-state index contributed by atoms with van der Waals surface area (Å²) in [5.41, 5.74) is 0.866. The predicted octanol–water partition coefficient (Wildman–Crippen LogP) is 5.08. The van der Waals surface area contributed by atoms with Gasteiger partial charge in [0.2, 0.25) is 0 Å². The number of benzene rings is 3. The standard InChI is InChI=1S/C19H13BrCl2N2O3S/c20-13-6-8-15(9-7-13)28(26,27)24-19(12-4-2-1-3-5-12)23-14-10-16(21)18(25)17(22)11-14/h1-11,25H,(H,23,24)/p-1. The molecule has 0 aliphatic rings. The first-order valence-electron chi connectivity index (χ1n) is 7.85. The van der Waals surface area contributed by atoms with Crippen molar-refractivity contribution < 1.29 is 13.5 Å². The number of nitrogens with zero attached hydrogens (tertiary/aromatic N) is 1. The summed E-state index contributed by atoms with van der Waals surface area (Å²) in [5.74, 6) is -0.441. The number of halogens is 3. The molecule has 0 aliphatic carbocycles. The number of anilines is 1. The maximum atomic E-state index is 12.8. The SMILES string of the molecule is O=S(=O)(N=C(Nc1cc(Cl)c([O-])c(Cl)c1)c1ccccc1)c1ccc(Br)cc1. The van der Waals surface area contributed by atoms with Crippen molar-refractivity contribution in [2.24, 2.45) is 4.40 Å². The molecule has 9 heteroatoms. The van der Waals surface area contributed by atoms with Crippen molar-refractivity contribution in [2.75, 3.05) is 5.32 Å². The van der Waals surface area contributed by atoms with Gasteiger partial charge in [0.15, 0.2) is 5.84 Å². The molecule has 0 saturated carbocycles. The van der Waals surface area contributed by atoms with E-state index in [-0.39, 0.29) is 20.8 Å². The molecule has 0 amide bonds. The molecule has 3 aromatic carbocycles. The third-order valence-electron chi connectivity index (χ3n) is 3.63. The summed E-state index contributed by atoms with van der Waals surface area (Å²) < 4.78 is 30.2. The highest BCUT2D eigenvalue weighted by molar-refractivity contribution is 9.10. The van der Waals surface area contributed by atoms with E-state index in [0.29, 0.717) is 11.3 Å². The number of hydrogen-bond donors (Lipinski definition) is 1. The highest BCUT2D eigenvalue weighted by Gasteiger charge is 2.16. The van der Waals surface area contributed by atoms with Crippen LogP contribution in [0.25, 0.3) is 0 Å². The molecule has 3 aromatic rings. The normalized spacial score (nSPS) is 12.0. The Balaban J connectivity index is 2.07. The van der Waals surface area contributed by atoms with Crippen molar-refractivity contribution in [3.8, 4) is 5.75 Å². The molecular formula is C19H12BrCl2N2O3S-. The molecule has 28 heavy (non-hydrogen) atoms. The lowest BCUT2D eigenvalue weighted by Gasteiger charge is -2.15. The zero-order valence-electron chi connectivity index (χ0n) is 14.1. The van der Waals surface area contributed by atoms with Crippen LogP contribution in [0.15, 0.2) is 80.5 Å². The summed E-state index contributed by atoms with van der Waals surface area (Å²) in [5, 5.41) is 14.4. The number of hydrogen-bond acceptors (Lipinski definition) is 3. The molecule has 5 nitrogen and oxygen atoms in total. The van der Waals surface area contributed by atoms with Crippen LogP contribution < -0.4 is 10.4 Å². The Morgan fingerprint density at radius 1 is 0.964 bits per heavy atom. The third kappa shape index (κ3) is 4.86. The second kappa shape index (κ2) is 8.53. The molecule has 0 radical (unpaired) electrons. The summed E-state index contributed by atoms with van der Waals surface area (Å²) in [4.78, 5) is 0.0388. The van der Waals surface area contributed by atoms with E-state index < -0.39 is 15.8 Å². The van der Waals surface area contributed by atoms with E-state index in [2.05, 4.69) is 25.6 Å². The van der Waals surface area contributed by atoms with Crippen LogP contribution in [0.1, 0.15) is 5.56 Å². The fourth-order valence-electron chi connectivity index (χ4n) is 2.29. The third-order valence-corrected chi connectivity index (χ3v) is 6.01. The molecule has 0 atom stereocenters. The van der Waals surface area contributed by atoms with E-state index >= 15 is 0 Å². The van der Waals surface area contributed by atoms with Crippen LogP contribution in [0.5, 0.6) is 5.75 Å². The summed E-state index contributed by atoms with van der Waals surface area (Å²) >= 11 is 15.1. The zero-order chi connectivity index (χ0) is 20.3. The molecule has 0 bridgehead atoms. The van der Waals surface area contributed by atoms with E-state index in [4.69, 9.17) is 23.2 Å². The molecule has 144 valence electrons. The number of amidine groups is 1. The Hall–Kier alpha value is -2.06. The second-order valence-corrected chi connectivity index (χ2v) is 8.96. The van der Waals surface area contributed by atoms with Gasteiger partial charge >= 0.3 is 0 Å². The molecule has 0 saturated heterocycles. The average Bonchev–Trinajstić information content (AvgIpc) is 2.66. The molecular weight excluding hydrogens is 487 g/mol. The fourth-order valence-corrected chi connectivity index (χ4v) is 4.02. The van der Waals surface area contributed by atoms with Gasteiger partial charge in [-0.25, -0.2) is 0 Å². The Kier molecular flexibility index (Phi) is 6.30. The van der Waals surface area contributed by atoms with E-state index in [1.807, 2.05) is 0 Å². The molecule has 0 aromatic heterocycles. The van der Waals surface area contributed by atoms with Crippen LogP contribution in [0.4, 0.5) is 5.69 Å². The summed E-state index contributed by atoms with van der Waals surface area (Å²) in [7, 11) is -4.00. The Morgan fingerprint density at radius 3 is 2.11 bits per heavy atom. The van der Waals surface area contributed by atoms with Crippen molar-refractivity contribution >= 4 is 60.7 Å². The highest BCUT2D eigenvalue weighted by Crippen LogP contribution is 2.32. The number of nitrogens with one attached hydrogen (secondary N) is 1. The monoisotopic (exact) mass is 497 g/mol. The van der Waals surface area contributed by atoms with Crippen molar-refractivity contribution in [3.63, 3.8) is 0 Å². The van der Waals surface area contributed by atoms with Gasteiger partial charge < -0.3 is 10.4 Å². The summed E-state index contributed by atoms with van der Waals surface area (Å²) in [6.07, 6.45) is 0. The van der Waals surface area contributed by atoms with Gasteiger partial charge in [0.05, 0.1) is 4.90 Å². The van der Waals surface area contributed by atoms with Crippen LogP contribution in [0.2, 0.25) is 10.0 Å². The van der Waals surface area contributed by atoms with Crippen LogP contribution in [-0.2, 0) is 10.0 Å². The topological polar surface area (TPSA) is 81.6 Å². The molecule has 0 fully saturated rings. The average molecular weight is 499 g/mol. The van der Waals surface area contributed by atoms with Crippen LogP contribution in [0, 0.1) is 0 Å². The minimum Gasteiger partial charge on any atom is -0.870 e.